The summed E-state index contributed by atoms with van der Waals surface area (Å²) in [5.74, 6) is -2.65. The number of aliphatic carboxylic acids is 1. The van der Waals surface area contributed by atoms with Crippen LogP contribution in [-0.4, -0.2) is 35.1 Å². The molecule has 0 saturated carbocycles. The Morgan fingerprint density at radius 1 is 1.11 bits per heavy atom. The van der Waals surface area contributed by atoms with Crippen LogP contribution in [0.25, 0.3) is 0 Å². The fourth-order valence-electron chi connectivity index (χ4n) is 1.13. The van der Waals surface area contributed by atoms with Crippen LogP contribution in [0.2, 0.25) is 0 Å². The summed E-state index contributed by atoms with van der Waals surface area (Å²) in [6.07, 6.45) is 1.66. The summed E-state index contributed by atoms with van der Waals surface area (Å²) in [6, 6.07) is -0.983. The fraction of sp³-hybridized carbons (Fsp3) is 0.583. The van der Waals surface area contributed by atoms with Gasteiger partial charge in [0.15, 0.2) is 0 Å². The quantitative estimate of drug-likeness (QED) is 0.540. The molecule has 0 heterocycles. The van der Waals surface area contributed by atoms with Crippen molar-refractivity contribution in [2.24, 2.45) is 5.92 Å². The minimum Gasteiger partial charge on any atom is -0.480 e. The molecule has 0 aliphatic rings. The summed E-state index contributed by atoms with van der Waals surface area (Å²) in [5.41, 5.74) is 0. The summed E-state index contributed by atoms with van der Waals surface area (Å²) in [7, 11) is 0. The van der Waals surface area contributed by atoms with Crippen molar-refractivity contribution in [2.45, 2.75) is 39.8 Å². The van der Waals surface area contributed by atoms with Crippen molar-refractivity contribution < 1.29 is 24.2 Å². The summed E-state index contributed by atoms with van der Waals surface area (Å²) in [6.45, 7) is 6.72. The van der Waals surface area contributed by atoms with Crippen LogP contribution < -0.4 is 5.32 Å². The molecule has 0 aromatic heterocycles. The van der Waals surface area contributed by atoms with Gasteiger partial charge in [0.05, 0.1) is 6.10 Å². The highest BCUT2D eigenvalue weighted by molar-refractivity contribution is 5.96. The zero-order chi connectivity index (χ0) is 14.3. The molecule has 0 radical (unpaired) electrons. The molecule has 1 amide bonds. The molecule has 0 bridgehead atoms. The van der Waals surface area contributed by atoms with Gasteiger partial charge in [0.2, 0.25) is 5.91 Å². The number of nitrogens with one attached hydrogen (secondary N) is 1. The van der Waals surface area contributed by atoms with Crippen molar-refractivity contribution in [3.63, 3.8) is 0 Å². The summed E-state index contributed by atoms with van der Waals surface area (Å²) in [5, 5.41) is 11.1. The standard InChI is InChI=1S/C12H19NO5/c1-7(2)11(12(16)17)13-9(14)5-6-10(15)18-8(3)4/h5-8,11H,1-4H3,(H,13,14)(H,16,17)/b6-5+. The first-order valence-corrected chi connectivity index (χ1v) is 5.66. The molecule has 0 fully saturated rings. The number of carboxylic acids is 1. The van der Waals surface area contributed by atoms with Crippen LogP contribution in [0.3, 0.4) is 0 Å². The van der Waals surface area contributed by atoms with Crippen LogP contribution in [0.5, 0.6) is 0 Å². The average Bonchev–Trinajstić information content (AvgIpc) is 2.21. The van der Waals surface area contributed by atoms with Crippen LogP contribution in [0, 0.1) is 5.92 Å². The van der Waals surface area contributed by atoms with Crippen LogP contribution in [-0.2, 0) is 19.1 Å². The second-order valence-electron chi connectivity index (χ2n) is 4.39. The minimum absolute atomic E-state index is 0.248. The van der Waals surface area contributed by atoms with E-state index >= 15 is 0 Å². The number of carbonyl (C=O) groups excluding carboxylic acids is 2. The molecule has 0 rings (SSSR count). The third-order valence-electron chi connectivity index (χ3n) is 1.95. The molecule has 102 valence electrons. The number of rotatable bonds is 6. The lowest BCUT2D eigenvalue weighted by molar-refractivity contribution is -0.142. The van der Waals surface area contributed by atoms with Crippen LogP contribution >= 0.6 is 0 Å². The number of hydrogen-bond donors (Lipinski definition) is 2. The van der Waals surface area contributed by atoms with Gasteiger partial charge < -0.3 is 15.2 Å². The third-order valence-corrected chi connectivity index (χ3v) is 1.95. The van der Waals surface area contributed by atoms with E-state index in [1.807, 2.05) is 0 Å². The molecule has 18 heavy (non-hydrogen) atoms. The lowest BCUT2D eigenvalue weighted by Crippen LogP contribution is -2.43. The third kappa shape index (κ3) is 6.67. The van der Waals surface area contributed by atoms with Gasteiger partial charge in [-0.1, -0.05) is 13.8 Å². The topological polar surface area (TPSA) is 92.7 Å². The molecule has 0 aliphatic carbocycles. The van der Waals surface area contributed by atoms with Crippen LogP contribution in [0.1, 0.15) is 27.7 Å². The minimum atomic E-state index is -1.11. The second kappa shape index (κ2) is 7.47. The van der Waals surface area contributed by atoms with Crippen molar-refractivity contribution in [3.05, 3.63) is 12.2 Å². The normalized spacial score (nSPS) is 12.8. The lowest BCUT2D eigenvalue weighted by Gasteiger charge is -2.16. The Kier molecular flexibility index (Phi) is 6.70. The summed E-state index contributed by atoms with van der Waals surface area (Å²) < 4.78 is 4.78. The van der Waals surface area contributed by atoms with Crippen LogP contribution in [0.4, 0.5) is 0 Å². The molecular weight excluding hydrogens is 238 g/mol. The summed E-state index contributed by atoms with van der Waals surface area (Å²) in [4.78, 5) is 33.3. The number of carbonyl (C=O) groups is 3. The second-order valence-corrected chi connectivity index (χ2v) is 4.39. The molecule has 0 aliphatic heterocycles. The molecule has 2 N–H and O–H groups in total. The van der Waals surface area contributed by atoms with Crippen LogP contribution in [0.15, 0.2) is 12.2 Å². The molecule has 0 spiro atoms. The van der Waals surface area contributed by atoms with Gasteiger partial charge in [-0.05, 0) is 19.8 Å². The van der Waals surface area contributed by atoms with Gasteiger partial charge in [-0.25, -0.2) is 9.59 Å². The van der Waals surface area contributed by atoms with Gasteiger partial charge in [-0.3, -0.25) is 4.79 Å². The monoisotopic (exact) mass is 257 g/mol. The van der Waals surface area contributed by atoms with Gasteiger partial charge in [-0.15, -0.1) is 0 Å². The van der Waals surface area contributed by atoms with E-state index in [0.717, 1.165) is 12.2 Å². The van der Waals surface area contributed by atoms with Crippen molar-refractivity contribution >= 4 is 17.8 Å². The van der Waals surface area contributed by atoms with E-state index in [9.17, 15) is 14.4 Å². The van der Waals surface area contributed by atoms with E-state index < -0.39 is 23.9 Å². The Bertz CT molecular complexity index is 346. The van der Waals surface area contributed by atoms with E-state index in [2.05, 4.69) is 5.32 Å². The first-order valence-electron chi connectivity index (χ1n) is 5.66. The maximum Gasteiger partial charge on any atom is 0.331 e. The van der Waals surface area contributed by atoms with Gasteiger partial charge >= 0.3 is 11.9 Å². The maximum absolute atomic E-state index is 11.4. The lowest BCUT2D eigenvalue weighted by atomic mass is 10.1. The first kappa shape index (κ1) is 16.1. The average molecular weight is 257 g/mol. The molecule has 0 saturated heterocycles. The van der Waals surface area contributed by atoms with E-state index in [1.54, 1.807) is 27.7 Å². The van der Waals surface area contributed by atoms with E-state index in [4.69, 9.17) is 9.84 Å². The predicted molar refractivity (Wildman–Crippen MR) is 64.8 cm³/mol. The molecule has 0 aromatic rings. The SMILES string of the molecule is CC(C)OC(=O)/C=C/C(=O)NC(C(=O)O)C(C)C. The maximum atomic E-state index is 11.4. The van der Waals surface area contributed by atoms with Gasteiger partial charge in [0.25, 0.3) is 0 Å². The first-order chi connectivity index (χ1) is 8.23. The molecule has 6 heteroatoms. The Labute approximate surface area is 106 Å². The smallest absolute Gasteiger partial charge is 0.331 e. The van der Waals surface area contributed by atoms with Gasteiger partial charge in [-0.2, -0.15) is 0 Å². The number of ether oxygens (including phenoxy) is 1. The Morgan fingerprint density at radius 3 is 2.06 bits per heavy atom. The number of hydrogen-bond acceptors (Lipinski definition) is 4. The number of amides is 1. The van der Waals surface area contributed by atoms with E-state index in [-0.39, 0.29) is 12.0 Å². The van der Waals surface area contributed by atoms with Crippen molar-refractivity contribution in [3.8, 4) is 0 Å². The Morgan fingerprint density at radius 2 is 1.67 bits per heavy atom. The van der Waals surface area contributed by atoms with Crippen molar-refractivity contribution in [1.29, 1.82) is 0 Å². The number of carboxylic acid groups (broad SMARTS) is 1. The van der Waals surface area contributed by atoms with Gasteiger partial charge in [0.1, 0.15) is 6.04 Å². The van der Waals surface area contributed by atoms with Crippen molar-refractivity contribution in [2.75, 3.05) is 0 Å². The predicted octanol–water partition coefficient (Wildman–Crippen LogP) is 0.720. The zero-order valence-electron chi connectivity index (χ0n) is 11.0. The molecular formula is C12H19NO5. The highest BCUT2D eigenvalue weighted by atomic mass is 16.5. The Hall–Kier alpha value is -1.85. The fourth-order valence-corrected chi connectivity index (χ4v) is 1.13. The Balaban J connectivity index is 4.37. The largest absolute Gasteiger partial charge is 0.480 e. The number of esters is 1. The highest BCUT2D eigenvalue weighted by Crippen LogP contribution is 2.01. The van der Waals surface area contributed by atoms with E-state index in [1.165, 1.54) is 0 Å². The van der Waals surface area contributed by atoms with Gasteiger partial charge in [0, 0.05) is 12.2 Å². The zero-order valence-corrected chi connectivity index (χ0v) is 11.0. The molecule has 1 atom stereocenters. The highest BCUT2D eigenvalue weighted by Gasteiger charge is 2.22. The molecule has 6 nitrogen and oxygen atoms in total. The molecule has 0 aromatic carbocycles. The summed E-state index contributed by atoms with van der Waals surface area (Å²) >= 11 is 0. The van der Waals surface area contributed by atoms with E-state index in [0.29, 0.717) is 0 Å². The van der Waals surface area contributed by atoms with Crippen molar-refractivity contribution in [1.82, 2.24) is 5.32 Å². The molecule has 1 unspecified atom stereocenters.